The van der Waals surface area contributed by atoms with Crippen molar-refractivity contribution in [1.29, 1.82) is 0 Å². The van der Waals surface area contributed by atoms with Gasteiger partial charge in [-0.3, -0.25) is 0 Å². The topological polar surface area (TPSA) is 50.9 Å². The van der Waals surface area contributed by atoms with Gasteiger partial charge in [0.25, 0.3) is 0 Å². The molecular formula is C7H9N3O. The maximum absolute atomic E-state index is 8.76. The Bertz CT molecular complexity index is 255. The van der Waals surface area contributed by atoms with Gasteiger partial charge in [0.05, 0.1) is 0 Å². The van der Waals surface area contributed by atoms with E-state index in [1.165, 1.54) is 6.33 Å². The molecule has 0 saturated carbocycles. The van der Waals surface area contributed by atoms with Crippen LogP contribution in [0.15, 0.2) is 12.7 Å². The Kier molecular flexibility index (Phi) is 2.64. The monoisotopic (exact) mass is 151 g/mol. The van der Waals surface area contributed by atoms with Crippen molar-refractivity contribution < 1.29 is 5.11 Å². The summed E-state index contributed by atoms with van der Waals surface area (Å²) < 4.78 is 1.59. The molecule has 58 valence electrons. The summed E-state index contributed by atoms with van der Waals surface area (Å²) in [5, 5.41) is 12.6. The van der Waals surface area contributed by atoms with Crippen LogP contribution in [0, 0.1) is 11.8 Å². The van der Waals surface area contributed by atoms with Gasteiger partial charge in [0.1, 0.15) is 25.3 Å². The standard InChI is InChI=1S/C7H9N3O/c1-7(11)3-2-4-10-6-8-5-9-10/h5-7,11H,4H2,1H3. The summed E-state index contributed by atoms with van der Waals surface area (Å²) >= 11 is 0. The molecule has 0 aliphatic heterocycles. The highest BCUT2D eigenvalue weighted by atomic mass is 16.3. The lowest BCUT2D eigenvalue weighted by atomic mass is 10.4. The molecule has 0 amide bonds. The van der Waals surface area contributed by atoms with Gasteiger partial charge in [-0.05, 0) is 6.92 Å². The molecule has 0 aliphatic rings. The molecule has 4 nitrogen and oxygen atoms in total. The highest BCUT2D eigenvalue weighted by Gasteiger charge is 1.85. The molecule has 0 bridgehead atoms. The number of aromatic nitrogens is 3. The minimum absolute atomic E-state index is 0.477. The van der Waals surface area contributed by atoms with Crippen LogP contribution in [-0.2, 0) is 6.54 Å². The molecule has 1 heterocycles. The van der Waals surface area contributed by atoms with Crippen LogP contribution in [-0.4, -0.2) is 26.0 Å². The predicted octanol–water partition coefficient (Wildman–Crippen LogP) is -0.338. The first-order valence-electron chi connectivity index (χ1n) is 3.28. The van der Waals surface area contributed by atoms with Crippen molar-refractivity contribution in [2.24, 2.45) is 0 Å². The number of nitrogens with zero attached hydrogens (tertiary/aromatic N) is 3. The van der Waals surface area contributed by atoms with Crippen molar-refractivity contribution in [3.8, 4) is 11.8 Å². The van der Waals surface area contributed by atoms with Crippen LogP contribution in [0.4, 0.5) is 0 Å². The van der Waals surface area contributed by atoms with E-state index in [-0.39, 0.29) is 0 Å². The zero-order valence-corrected chi connectivity index (χ0v) is 6.23. The Balaban J connectivity index is 2.42. The van der Waals surface area contributed by atoms with Gasteiger partial charge in [-0.25, -0.2) is 9.67 Å². The van der Waals surface area contributed by atoms with Crippen LogP contribution in [0.5, 0.6) is 0 Å². The maximum Gasteiger partial charge on any atom is 0.137 e. The Hall–Kier alpha value is -1.34. The van der Waals surface area contributed by atoms with E-state index >= 15 is 0 Å². The SMILES string of the molecule is CC(O)C#CCn1cncn1. The Morgan fingerprint density at radius 1 is 1.73 bits per heavy atom. The Morgan fingerprint density at radius 2 is 2.55 bits per heavy atom. The van der Waals surface area contributed by atoms with Gasteiger partial charge >= 0.3 is 0 Å². The third kappa shape index (κ3) is 2.83. The van der Waals surface area contributed by atoms with Crippen LogP contribution >= 0.6 is 0 Å². The van der Waals surface area contributed by atoms with Crippen LogP contribution < -0.4 is 0 Å². The molecule has 1 aromatic rings. The number of aliphatic hydroxyl groups excluding tert-OH is 1. The summed E-state index contributed by atoms with van der Waals surface area (Å²) in [6, 6.07) is 0. The van der Waals surface area contributed by atoms with E-state index in [2.05, 4.69) is 21.9 Å². The second kappa shape index (κ2) is 3.74. The van der Waals surface area contributed by atoms with E-state index in [1.54, 1.807) is 17.9 Å². The van der Waals surface area contributed by atoms with Crippen LogP contribution in [0.2, 0.25) is 0 Å². The van der Waals surface area contributed by atoms with E-state index in [9.17, 15) is 0 Å². The highest BCUT2D eigenvalue weighted by molar-refractivity contribution is 5.02. The predicted molar refractivity (Wildman–Crippen MR) is 39.5 cm³/mol. The van der Waals surface area contributed by atoms with Crippen molar-refractivity contribution in [3.63, 3.8) is 0 Å². The number of hydrogen-bond acceptors (Lipinski definition) is 3. The normalized spacial score (nSPS) is 11.8. The van der Waals surface area contributed by atoms with Gasteiger partial charge < -0.3 is 5.11 Å². The lowest BCUT2D eigenvalue weighted by Crippen LogP contribution is -1.98. The first-order chi connectivity index (χ1) is 5.29. The first kappa shape index (κ1) is 7.76. The molecule has 0 radical (unpaired) electrons. The van der Waals surface area contributed by atoms with Crippen molar-refractivity contribution in [3.05, 3.63) is 12.7 Å². The van der Waals surface area contributed by atoms with Crippen molar-refractivity contribution in [1.82, 2.24) is 14.8 Å². The van der Waals surface area contributed by atoms with Crippen molar-refractivity contribution >= 4 is 0 Å². The second-order valence-electron chi connectivity index (χ2n) is 2.09. The van der Waals surface area contributed by atoms with Gasteiger partial charge in [0.15, 0.2) is 0 Å². The van der Waals surface area contributed by atoms with Gasteiger partial charge in [0, 0.05) is 0 Å². The fourth-order valence-electron chi connectivity index (χ4n) is 0.589. The maximum atomic E-state index is 8.76. The minimum atomic E-state index is -0.571. The van der Waals surface area contributed by atoms with Crippen molar-refractivity contribution in [2.45, 2.75) is 19.6 Å². The average Bonchev–Trinajstić information content (AvgIpc) is 2.39. The third-order valence-corrected chi connectivity index (χ3v) is 1.02. The quantitative estimate of drug-likeness (QED) is 0.559. The van der Waals surface area contributed by atoms with Gasteiger partial charge in [-0.15, -0.1) is 0 Å². The van der Waals surface area contributed by atoms with E-state index < -0.39 is 6.10 Å². The zero-order valence-electron chi connectivity index (χ0n) is 6.23. The highest BCUT2D eigenvalue weighted by Crippen LogP contribution is 1.78. The van der Waals surface area contributed by atoms with Crippen molar-refractivity contribution in [2.75, 3.05) is 0 Å². The summed E-state index contributed by atoms with van der Waals surface area (Å²) in [4.78, 5) is 3.74. The van der Waals surface area contributed by atoms with E-state index in [0.29, 0.717) is 6.54 Å². The molecule has 0 aromatic carbocycles. The molecule has 1 N–H and O–H groups in total. The summed E-state index contributed by atoms with van der Waals surface area (Å²) in [7, 11) is 0. The largest absolute Gasteiger partial charge is 0.381 e. The molecule has 0 spiro atoms. The number of hydrogen-bond donors (Lipinski definition) is 1. The molecule has 11 heavy (non-hydrogen) atoms. The van der Waals surface area contributed by atoms with Crippen LogP contribution in [0.3, 0.4) is 0 Å². The van der Waals surface area contributed by atoms with E-state index in [4.69, 9.17) is 5.11 Å². The molecule has 0 fully saturated rings. The summed E-state index contributed by atoms with van der Waals surface area (Å²) in [5.41, 5.74) is 0. The second-order valence-corrected chi connectivity index (χ2v) is 2.09. The first-order valence-corrected chi connectivity index (χ1v) is 3.28. The van der Waals surface area contributed by atoms with E-state index in [1.807, 2.05) is 0 Å². The molecule has 1 atom stereocenters. The Labute approximate surface area is 64.9 Å². The molecule has 0 saturated heterocycles. The fraction of sp³-hybridized carbons (Fsp3) is 0.429. The van der Waals surface area contributed by atoms with Gasteiger partial charge in [-0.2, -0.15) is 5.10 Å². The minimum Gasteiger partial charge on any atom is -0.381 e. The summed E-state index contributed by atoms with van der Waals surface area (Å²) in [6.07, 6.45) is 2.46. The molecule has 1 unspecified atom stereocenters. The molecule has 1 rings (SSSR count). The molecule has 1 aromatic heterocycles. The van der Waals surface area contributed by atoms with E-state index in [0.717, 1.165) is 0 Å². The Morgan fingerprint density at radius 3 is 3.09 bits per heavy atom. The van der Waals surface area contributed by atoms with Crippen LogP contribution in [0.1, 0.15) is 6.92 Å². The fourth-order valence-corrected chi connectivity index (χ4v) is 0.589. The van der Waals surface area contributed by atoms with Gasteiger partial charge in [0.2, 0.25) is 0 Å². The lowest BCUT2D eigenvalue weighted by Gasteiger charge is -1.90. The molecular weight excluding hydrogens is 142 g/mol. The third-order valence-electron chi connectivity index (χ3n) is 1.02. The molecule has 0 aliphatic carbocycles. The lowest BCUT2D eigenvalue weighted by molar-refractivity contribution is 0.253. The summed E-state index contributed by atoms with van der Waals surface area (Å²) in [5.74, 6) is 5.35. The zero-order chi connectivity index (χ0) is 8.10. The van der Waals surface area contributed by atoms with Crippen LogP contribution in [0.25, 0.3) is 0 Å². The average molecular weight is 151 g/mol. The smallest absolute Gasteiger partial charge is 0.137 e. The molecule has 4 heteroatoms. The van der Waals surface area contributed by atoms with Gasteiger partial charge in [-0.1, -0.05) is 11.8 Å². The number of aliphatic hydroxyl groups is 1. The number of rotatable bonds is 1. The summed E-state index contributed by atoms with van der Waals surface area (Å²) in [6.45, 7) is 2.10.